The van der Waals surface area contributed by atoms with E-state index in [1.165, 1.54) is 18.4 Å². The van der Waals surface area contributed by atoms with Crippen LogP contribution in [-0.2, 0) is 4.74 Å². The first kappa shape index (κ1) is 12.5. The number of hydrogen-bond donors (Lipinski definition) is 1. The maximum Gasteiger partial charge on any atom is 0.0726 e. The lowest BCUT2D eigenvalue weighted by Gasteiger charge is -2.28. The van der Waals surface area contributed by atoms with E-state index in [0.717, 1.165) is 25.9 Å². The van der Waals surface area contributed by atoms with Crippen LogP contribution < -0.4 is 5.73 Å². The number of ether oxygens (including phenoxy) is 1. The minimum atomic E-state index is 0.209. The summed E-state index contributed by atoms with van der Waals surface area (Å²) in [4.78, 5) is 0. The van der Waals surface area contributed by atoms with Gasteiger partial charge in [-0.1, -0.05) is 45.7 Å². The lowest BCUT2D eigenvalue weighted by atomic mass is 9.93. The van der Waals surface area contributed by atoms with Crippen LogP contribution in [0.2, 0.25) is 0 Å². The summed E-state index contributed by atoms with van der Waals surface area (Å²) in [6.45, 7) is 0.820. The minimum Gasteiger partial charge on any atom is -0.376 e. The molecule has 0 saturated heterocycles. The summed E-state index contributed by atoms with van der Waals surface area (Å²) in [5.74, 6) is 0. The highest BCUT2D eigenvalue weighted by molar-refractivity contribution is 14.2. The van der Waals surface area contributed by atoms with Gasteiger partial charge in [-0.3, -0.25) is 0 Å². The van der Waals surface area contributed by atoms with E-state index in [2.05, 4.69) is 20.2 Å². The summed E-state index contributed by atoms with van der Waals surface area (Å²) in [7, 11) is 0. The first-order valence-electron chi connectivity index (χ1n) is 6.04. The fourth-order valence-electron chi connectivity index (χ4n) is 2.16. The van der Waals surface area contributed by atoms with Crippen LogP contribution in [0.15, 0.2) is 21.8 Å². The highest BCUT2D eigenvalue weighted by atomic mass is 127. The molecule has 2 unspecified atom stereocenters. The van der Waals surface area contributed by atoms with Crippen LogP contribution in [0.4, 0.5) is 0 Å². The molecule has 16 heavy (non-hydrogen) atoms. The third-order valence-electron chi connectivity index (χ3n) is 3.18. The van der Waals surface area contributed by atoms with Gasteiger partial charge in [0.2, 0.25) is 0 Å². The van der Waals surface area contributed by atoms with Crippen molar-refractivity contribution in [3.63, 3.8) is 0 Å². The second-order valence-electron chi connectivity index (χ2n) is 4.39. The first-order chi connectivity index (χ1) is 7.86. The highest BCUT2D eigenvalue weighted by Crippen LogP contribution is 2.20. The molecule has 1 aliphatic heterocycles. The van der Waals surface area contributed by atoms with E-state index in [-0.39, 0.29) is 26.8 Å². The molecule has 2 atom stereocenters. The Bertz CT molecular complexity index is 309. The van der Waals surface area contributed by atoms with Crippen molar-refractivity contribution in [1.29, 1.82) is 0 Å². The molecule has 0 amide bonds. The fraction of sp³-hybridized carbons (Fsp3) is 0.615. The zero-order valence-corrected chi connectivity index (χ0v) is 11.7. The van der Waals surface area contributed by atoms with Crippen molar-refractivity contribution in [3.8, 4) is 0 Å². The Kier molecular flexibility index (Phi) is 5.19. The molecular weight excluding hydrogens is 313 g/mol. The summed E-state index contributed by atoms with van der Waals surface area (Å²) >= 11 is 0.209. The topological polar surface area (TPSA) is 35.2 Å². The van der Waals surface area contributed by atoms with Crippen LogP contribution in [0.3, 0.4) is 0 Å². The van der Waals surface area contributed by atoms with Crippen LogP contribution in [0, 0.1) is 0 Å². The zero-order chi connectivity index (χ0) is 11.2. The van der Waals surface area contributed by atoms with Crippen LogP contribution in [0.5, 0.6) is 0 Å². The van der Waals surface area contributed by atoms with E-state index in [0.29, 0.717) is 6.10 Å². The van der Waals surface area contributed by atoms with Gasteiger partial charge in [0.05, 0.1) is 12.7 Å². The molecule has 0 bridgehead atoms. The number of rotatable bonds is 4. The average molecular weight is 333 g/mol. The van der Waals surface area contributed by atoms with Gasteiger partial charge >= 0.3 is 0 Å². The van der Waals surface area contributed by atoms with Gasteiger partial charge in [-0.15, -0.1) is 0 Å². The Labute approximate surface area is 108 Å². The molecule has 0 aromatic heterocycles. The van der Waals surface area contributed by atoms with Crippen LogP contribution in [0.25, 0.3) is 0 Å². The molecule has 1 heterocycles. The van der Waals surface area contributed by atoms with Crippen LogP contribution in [-0.4, -0.2) is 22.8 Å². The van der Waals surface area contributed by atoms with Crippen molar-refractivity contribution < 1.29 is 4.74 Å². The van der Waals surface area contributed by atoms with Gasteiger partial charge in [0.1, 0.15) is 0 Å². The smallest absolute Gasteiger partial charge is 0.0726 e. The van der Waals surface area contributed by atoms with E-state index >= 15 is 0 Å². The maximum absolute atomic E-state index is 6.04. The molecule has 1 fully saturated rings. The Hall–Kier alpha value is -0.0000000000000000555. The number of allylic oxidation sites excluding steroid dienone is 2. The van der Waals surface area contributed by atoms with Gasteiger partial charge in [0, 0.05) is 6.04 Å². The second-order valence-corrected chi connectivity index (χ2v) is 6.55. The van der Waals surface area contributed by atoms with Crippen molar-refractivity contribution in [1.82, 2.24) is 0 Å². The van der Waals surface area contributed by atoms with E-state index in [1.54, 1.807) is 0 Å². The average Bonchev–Trinajstić information content (AvgIpc) is 2.33. The Morgan fingerprint density at radius 2 is 2.25 bits per heavy atom. The molecule has 2 nitrogen and oxygen atoms in total. The molecule has 3 heteroatoms. The molecule has 1 saturated carbocycles. The summed E-state index contributed by atoms with van der Waals surface area (Å²) in [6, 6.07) is 0.266. The molecule has 0 aromatic carbocycles. The maximum atomic E-state index is 6.04. The molecule has 0 aromatic rings. The third kappa shape index (κ3) is 3.79. The van der Waals surface area contributed by atoms with E-state index in [1.807, 2.05) is 0 Å². The van der Waals surface area contributed by atoms with Crippen LogP contribution >= 0.6 is 20.7 Å². The molecule has 2 aliphatic rings. The predicted octanol–water partition coefficient (Wildman–Crippen LogP) is 2.89. The van der Waals surface area contributed by atoms with Crippen molar-refractivity contribution in [2.75, 3.05) is 6.61 Å². The second kappa shape index (κ2) is 6.67. The molecule has 2 rings (SSSR count). The van der Waals surface area contributed by atoms with Gasteiger partial charge in [-0.2, -0.15) is 0 Å². The molecule has 2 N–H and O–H groups in total. The molecule has 0 radical (unpaired) electrons. The van der Waals surface area contributed by atoms with Gasteiger partial charge in [0.15, 0.2) is 0 Å². The Balaban J connectivity index is 1.69. The van der Waals surface area contributed by atoms with Crippen molar-refractivity contribution in [3.05, 3.63) is 21.8 Å². The number of hydrogen-bond acceptors (Lipinski definition) is 2. The number of halogens is 1. The number of nitrogens with two attached hydrogens (primary N) is 1. The minimum absolute atomic E-state index is 0.209. The largest absolute Gasteiger partial charge is 0.376 e. The van der Waals surface area contributed by atoms with E-state index < -0.39 is 0 Å². The SMILES string of the molecule is NC1CCCCC1OCCC1=CC=IC=C1. The first-order valence-corrected chi connectivity index (χ1v) is 8.53. The van der Waals surface area contributed by atoms with Gasteiger partial charge < -0.3 is 10.5 Å². The summed E-state index contributed by atoms with van der Waals surface area (Å²) in [5, 5.41) is 0. The lowest BCUT2D eigenvalue weighted by Crippen LogP contribution is -2.39. The zero-order valence-electron chi connectivity index (χ0n) is 9.57. The summed E-state index contributed by atoms with van der Waals surface area (Å²) in [6.07, 6.45) is 10.7. The highest BCUT2D eigenvalue weighted by Gasteiger charge is 2.21. The monoisotopic (exact) mass is 333 g/mol. The van der Waals surface area contributed by atoms with Gasteiger partial charge in [0.25, 0.3) is 0 Å². The van der Waals surface area contributed by atoms with Gasteiger partial charge in [-0.25, -0.2) is 0 Å². The molecule has 90 valence electrons. The van der Waals surface area contributed by atoms with Crippen LogP contribution in [0.1, 0.15) is 32.1 Å². The normalized spacial score (nSPS) is 29.7. The molecular formula is C13H20INO. The van der Waals surface area contributed by atoms with Crippen molar-refractivity contribution in [2.45, 2.75) is 44.2 Å². The lowest BCUT2D eigenvalue weighted by molar-refractivity contribution is 0.0171. The summed E-state index contributed by atoms with van der Waals surface area (Å²) in [5.41, 5.74) is 7.44. The fourth-order valence-corrected chi connectivity index (χ4v) is 3.74. The van der Waals surface area contributed by atoms with E-state index in [4.69, 9.17) is 10.5 Å². The standard InChI is InChI=1S/C13H20INO/c15-12-3-1-2-4-13(12)16-10-7-11-5-8-14-9-6-11/h5-6,8-9,12-13H,1-4,7,10,15H2. The molecule has 1 aliphatic carbocycles. The van der Waals surface area contributed by atoms with E-state index in [9.17, 15) is 0 Å². The Morgan fingerprint density at radius 3 is 3.00 bits per heavy atom. The predicted molar refractivity (Wildman–Crippen MR) is 78.1 cm³/mol. The van der Waals surface area contributed by atoms with Crippen molar-refractivity contribution in [2.24, 2.45) is 5.73 Å². The van der Waals surface area contributed by atoms with Gasteiger partial charge in [-0.05, 0) is 32.9 Å². The summed E-state index contributed by atoms with van der Waals surface area (Å²) < 4.78 is 10.5. The quantitative estimate of drug-likeness (QED) is 0.803. The third-order valence-corrected chi connectivity index (χ3v) is 4.73. The van der Waals surface area contributed by atoms with Crippen molar-refractivity contribution >= 4 is 24.7 Å². The Morgan fingerprint density at radius 1 is 1.38 bits per heavy atom. The molecule has 0 spiro atoms.